The first-order valence-corrected chi connectivity index (χ1v) is 7.68. The topological polar surface area (TPSA) is 80.8 Å². The highest BCUT2D eigenvalue weighted by molar-refractivity contribution is 7.17. The summed E-state index contributed by atoms with van der Waals surface area (Å²) in [6.07, 6.45) is 2.91. The van der Waals surface area contributed by atoms with Crippen LogP contribution in [0.1, 0.15) is 29.4 Å². The zero-order valence-electron chi connectivity index (χ0n) is 12.1. The standard InChI is InChI=1S/C13H19N3O4S/c1-3-20-13(18)16-6-4-9(5-7-16)15-12-14-8-10(21-12)11(17)19-2/h8-9H,3-7H2,1-2H3,(H,14,15). The number of hydrogen-bond donors (Lipinski definition) is 1. The molecule has 1 fully saturated rings. The molecule has 1 aliphatic heterocycles. The van der Waals surface area contributed by atoms with E-state index in [1.54, 1.807) is 11.8 Å². The van der Waals surface area contributed by atoms with Gasteiger partial charge in [-0.2, -0.15) is 0 Å². The number of nitrogens with one attached hydrogen (secondary N) is 1. The van der Waals surface area contributed by atoms with Gasteiger partial charge in [0.2, 0.25) is 0 Å². The zero-order chi connectivity index (χ0) is 15.2. The second-order valence-corrected chi connectivity index (χ2v) is 5.66. The normalized spacial score (nSPS) is 15.6. The van der Waals surface area contributed by atoms with Gasteiger partial charge in [0.05, 0.1) is 19.9 Å². The van der Waals surface area contributed by atoms with E-state index in [-0.39, 0.29) is 18.1 Å². The Labute approximate surface area is 127 Å². The molecule has 0 aromatic carbocycles. The van der Waals surface area contributed by atoms with Crippen LogP contribution in [0.3, 0.4) is 0 Å². The number of ether oxygens (including phenoxy) is 2. The molecule has 0 spiro atoms. The zero-order valence-corrected chi connectivity index (χ0v) is 12.9. The number of methoxy groups -OCH3 is 1. The van der Waals surface area contributed by atoms with Crippen molar-refractivity contribution in [3.05, 3.63) is 11.1 Å². The van der Waals surface area contributed by atoms with E-state index in [0.29, 0.717) is 29.7 Å². The number of thiazole rings is 1. The molecule has 0 aliphatic carbocycles. The Hall–Kier alpha value is -1.83. The van der Waals surface area contributed by atoms with Crippen LogP contribution < -0.4 is 5.32 Å². The van der Waals surface area contributed by atoms with E-state index in [1.807, 2.05) is 0 Å². The smallest absolute Gasteiger partial charge is 0.409 e. The summed E-state index contributed by atoms with van der Waals surface area (Å²) in [7, 11) is 1.35. The van der Waals surface area contributed by atoms with Crippen LogP contribution >= 0.6 is 11.3 Å². The Morgan fingerprint density at radius 1 is 1.48 bits per heavy atom. The molecule has 2 rings (SSSR count). The van der Waals surface area contributed by atoms with Crippen molar-refractivity contribution in [3.8, 4) is 0 Å². The lowest BCUT2D eigenvalue weighted by atomic mass is 10.1. The van der Waals surface area contributed by atoms with Gasteiger partial charge in [-0.1, -0.05) is 11.3 Å². The molecule has 0 saturated carbocycles. The Morgan fingerprint density at radius 3 is 2.81 bits per heavy atom. The van der Waals surface area contributed by atoms with Crippen molar-refractivity contribution in [2.45, 2.75) is 25.8 Å². The molecule has 2 heterocycles. The van der Waals surface area contributed by atoms with Crippen molar-refractivity contribution in [3.63, 3.8) is 0 Å². The first-order chi connectivity index (χ1) is 10.1. The first kappa shape index (κ1) is 15.6. The maximum atomic E-state index is 11.6. The minimum Gasteiger partial charge on any atom is -0.465 e. The number of aromatic nitrogens is 1. The van der Waals surface area contributed by atoms with Crippen LogP contribution in [-0.2, 0) is 9.47 Å². The number of hydrogen-bond acceptors (Lipinski definition) is 7. The summed E-state index contributed by atoms with van der Waals surface area (Å²) >= 11 is 1.27. The quantitative estimate of drug-likeness (QED) is 0.856. The predicted molar refractivity (Wildman–Crippen MR) is 78.7 cm³/mol. The summed E-state index contributed by atoms with van der Waals surface area (Å²) in [5.74, 6) is -0.377. The average molecular weight is 313 g/mol. The monoisotopic (exact) mass is 313 g/mol. The minimum atomic E-state index is -0.377. The third-order valence-corrected chi connectivity index (χ3v) is 4.15. The molecule has 0 atom stereocenters. The lowest BCUT2D eigenvalue weighted by Gasteiger charge is -2.31. The Bertz CT molecular complexity index is 497. The number of carbonyl (C=O) groups excluding carboxylic acids is 2. The van der Waals surface area contributed by atoms with E-state index < -0.39 is 0 Å². The van der Waals surface area contributed by atoms with Crippen LogP contribution in [-0.4, -0.2) is 54.8 Å². The molecule has 1 saturated heterocycles. The van der Waals surface area contributed by atoms with Crippen LogP contribution in [0.25, 0.3) is 0 Å². The Balaban J connectivity index is 1.82. The van der Waals surface area contributed by atoms with Crippen LogP contribution in [0.2, 0.25) is 0 Å². The first-order valence-electron chi connectivity index (χ1n) is 6.86. The predicted octanol–water partition coefficient (Wildman–Crippen LogP) is 1.96. The van der Waals surface area contributed by atoms with E-state index in [9.17, 15) is 9.59 Å². The Kier molecular flexibility index (Phi) is 5.38. The van der Waals surface area contributed by atoms with Gasteiger partial charge in [-0.3, -0.25) is 0 Å². The number of amides is 1. The molecular formula is C13H19N3O4S. The molecule has 21 heavy (non-hydrogen) atoms. The summed E-state index contributed by atoms with van der Waals surface area (Å²) < 4.78 is 9.63. The SMILES string of the molecule is CCOC(=O)N1CCC(Nc2ncc(C(=O)OC)s2)CC1. The van der Waals surface area contributed by atoms with Gasteiger partial charge >= 0.3 is 12.1 Å². The fourth-order valence-corrected chi connectivity index (χ4v) is 2.94. The number of nitrogens with zero attached hydrogens (tertiary/aromatic N) is 2. The van der Waals surface area contributed by atoms with E-state index in [2.05, 4.69) is 15.0 Å². The summed E-state index contributed by atoms with van der Waals surface area (Å²) in [5.41, 5.74) is 0. The molecule has 0 radical (unpaired) electrons. The van der Waals surface area contributed by atoms with Gasteiger partial charge in [-0.05, 0) is 19.8 Å². The van der Waals surface area contributed by atoms with Crippen molar-refractivity contribution in [1.29, 1.82) is 0 Å². The van der Waals surface area contributed by atoms with Crippen molar-refractivity contribution >= 4 is 28.5 Å². The fraction of sp³-hybridized carbons (Fsp3) is 0.615. The van der Waals surface area contributed by atoms with Crippen LogP contribution in [0.4, 0.5) is 9.93 Å². The number of anilines is 1. The summed E-state index contributed by atoms with van der Waals surface area (Å²) in [6, 6.07) is 0.243. The molecule has 0 bridgehead atoms. The Morgan fingerprint density at radius 2 is 2.19 bits per heavy atom. The number of carbonyl (C=O) groups is 2. The van der Waals surface area contributed by atoms with Gasteiger partial charge in [0.1, 0.15) is 4.88 Å². The second-order valence-electron chi connectivity index (χ2n) is 4.63. The maximum absolute atomic E-state index is 11.6. The van der Waals surface area contributed by atoms with Crippen LogP contribution in [0.15, 0.2) is 6.20 Å². The summed E-state index contributed by atoms with van der Waals surface area (Å²) in [4.78, 5) is 29.3. The van der Waals surface area contributed by atoms with E-state index in [4.69, 9.17) is 4.74 Å². The highest BCUT2D eigenvalue weighted by Crippen LogP contribution is 2.22. The summed E-state index contributed by atoms with van der Waals surface area (Å²) in [5, 5.41) is 3.99. The van der Waals surface area contributed by atoms with E-state index in [1.165, 1.54) is 24.6 Å². The second kappa shape index (κ2) is 7.26. The van der Waals surface area contributed by atoms with Gasteiger partial charge in [0, 0.05) is 19.1 Å². The molecule has 8 heteroatoms. The molecule has 1 N–H and O–H groups in total. The van der Waals surface area contributed by atoms with Gasteiger partial charge in [-0.25, -0.2) is 14.6 Å². The number of likely N-dealkylation sites (tertiary alicyclic amines) is 1. The largest absolute Gasteiger partial charge is 0.465 e. The number of rotatable bonds is 4. The van der Waals surface area contributed by atoms with Crippen LogP contribution in [0, 0.1) is 0 Å². The molecular weight excluding hydrogens is 294 g/mol. The minimum absolute atomic E-state index is 0.243. The van der Waals surface area contributed by atoms with Crippen molar-refractivity contribution in [2.75, 3.05) is 32.1 Å². The number of piperidine rings is 1. The molecule has 116 valence electrons. The van der Waals surface area contributed by atoms with Gasteiger partial charge in [-0.15, -0.1) is 0 Å². The van der Waals surface area contributed by atoms with Crippen molar-refractivity contribution < 1.29 is 19.1 Å². The molecule has 1 amide bonds. The molecule has 1 aliphatic rings. The molecule has 0 unspecified atom stereocenters. The molecule has 1 aromatic heterocycles. The van der Waals surface area contributed by atoms with Crippen LogP contribution in [0.5, 0.6) is 0 Å². The third kappa shape index (κ3) is 4.07. The van der Waals surface area contributed by atoms with E-state index in [0.717, 1.165) is 12.8 Å². The average Bonchev–Trinajstić information content (AvgIpc) is 2.96. The van der Waals surface area contributed by atoms with Gasteiger partial charge in [0.25, 0.3) is 0 Å². The lowest BCUT2D eigenvalue weighted by Crippen LogP contribution is -2.42. The third-order valence-electron chi connectivity index (χ3n) is 3.24. The van der Waals surface area contributed by atoms with Crippen molar-refractivity contribution in [1.82, 2.24) is 9.88 Å². The summed E-state index contributed by atoms with van der Waals surface area (Å²) in [6.45, 7) is 3.51. The van der Waals surface area contributed by atoms with Crippen molar-refractivity contribution in [2.24, 2.45) is 0 Å². The highest BCUT2D eigenvalue weighted by atomic mass is 32.1. The molecule has 1 aromatic rings. The highest BCUT2D eigenvalue weighted by Gasteiger charge is 2.24. The lowest BCUT2D eigenvalue weighted by molar-refractivity contribution is 0.0606. The maximum Gasteiger partial charge on any atom is 0.409 e. The van der Waals surface area contributed by atoms with E-state index >= 15 is 0 Å². The fourth-order valence-electron chi connectivity index (χ4n) is 2.13. The van der Waals surface area contributed by atoms with Gasteiger partial charge < -0.3 is 19.7 Å². The number of esters is 1. The van der Waals surface area contributed by atoms with Gasteiger partial charge in [0.15, 0.2) is 5.13 Å². The molecule has 7 nitrogen and oxygen atoms in total.